The van der Waals surface area contributed by atoms with Gasteiger partial charge in [-0.25, -0.2) is 9.37 Å². The maximum absolute atomic E-state index is 14.0. The molecule has 1 N–H and O–H groups in total. The zero-order chi connectivity index (χ0) is 17.9. The Morgan fingerprint density at radius 3 is 2.96 bits per heavy atom. The SMILES string of the molecule is Fc1ccccc1CN1CCOCC1c1ncc(-c2cccc(Cl)c2)[nH]1. The summed E-state index contributed by atoms with van der Waals surface area (Å²) in [4.78, 5) is 10.1. The summed E-state index contributed by atoms with van der Waals surface area (Å²) in [5.41, 5.74) is 2.56. The van der Waals surface area contributed by atoms with E-state index in [1.807, 2.05) is 36.4 Å². The Morgan fingerprint density at radius 2 is 2.12 bits per heavy atom. The maximum atomic E-state index is 14.0. The summed E-state index contributed by atoms with van der Waals surface area (Å²) in [6.45, 7) is 2.41. The van der Waals surface area contributed by atoms with Crippen molar-refractivity contribution in [3.63, 3.8) is 0 Å². The summed E-state index contributed by atoms with van der Waals surface area (Å²) < 4.78 is 19.7. The van der Waals surface area contributed by atoms with E-state index in [0.717, 1.165) is 23.6 Å². The summed E-state index contributed by atoms with van der Waals surface area (Å²) in [6.07, 6.45) is 1.80. The molecule has 4 nitrogen and oxygen atoms in total. The Balaban J connectivity index is 1.58. The standard InChI is InChI=1S/C20H19ClFN3O/c21-16-6-3-5-14(10-16)18-11-23-20(24-18)19-13-26-9-8-25(19)12-15-4-1-2-7-17(15)22/h1-7,10-11,19H,8-9,12-13H2,(H,23,24). The van der Waals surface area contributed by atoms with E-state index in [2.05, 4.69) is 14.9 Å². The number of aromatic amines is 1. The molecule has 0 saturated carbocycles. The number of nitrogens with one attached hydrogen (secondary N) is 1. The van der Waals surface area contributed by atoms with E-state index in [-0.39, 0.29) is 11.9 Å². The minimum absolute atomic E-state index is 0.0451. The van der Waals surface area contributed by atoms with Crippen molar-refractivity contribution in [2.45, 2.75) is 12.6 Å². The van der Waals surface area contributed by atoms with E-state index >= 15 is 0 Å². The number of H-pyrrole nitrogens is 1. The lowest BCUT2D eigenvalue weighted by atomic mass is 10.1. The van der Waals surface area contributed by atoms with Gasteiger partial charge in [-0.3, -0.25) is 4.90 Å². The summed E-state index contributed by atoms with van der Waals surface area (Å²) in [7, 11) is 0. The monoisotopic (exact) mass is 371 g/mol. The van der Waals surface area contributed by atoms with Crippen LogP contribution in [0.3, 0.4) is 0 Å². The van der Waals surface area contributed by atoms with Crippen LogP contribution in [0.4, 0.5) is 4.39 Å². The van der Waals surface area contributed by atoms with Gasteiger partial charge in [-0.15, -0.1) is 0 Å². The normalized spacial score (nSPS) is 18.2. The first-order valence-electron chi connectivity index (χ1n) is 8.57. The lowest BCUT2D eigenvalue weighted by Gasteiger charge is -2.34. The minimum Gasteiger partial charge on any atom is -0.378 e. The molecule has 134 valence electrons. The summed E-state index contributed by atoms with van der Waals surface area (Å²) in [5.74, 6) is 0.632. The Kier molecular flexibility index (Phi) is 5.02. The topological polar surface area (TPSA) is 41.1 Å². The molecule has 2 aromatic carbocycles. The van der Waals surface area contributed by atoms with Crippen LogP contribution in [0.5, 0.6) is 0 Å². The van der Waals surface area contributed by atoms with Crippen LogP contribution in [0, 0.1) is 5.82 Å². The molecule has 1 atom stereocenters. The molecule has 1 aliphatic rings. The van der Waals surface area contributed by atoms with Gasteiger partial charge < -0.3 is 9.72 Å². The fourth-order valence-corrected chi connectivity index (χ4v) is 3.42. The van der Waals surface area contributed by atoms with E-state index in [4.69, 9.17) is 16.3 Å². The molecule has 3 aromatic rings. The molecule has 1 saturated heterocycles. The largest absolute Gasteiger partial charge is 0.378 e. The van der Waals surface area contributed by atoms with Crippen LogP contribution in [-0.4, -0.2) is 34.6 Å². The lowest BCUT2D eigenvalue weighted by molar-refractivity contribution is -0.0160. The van der Waals surface area contributed by atoms with E-state index in [1.165, 1.54) is 6.07 Å². The van der Waals surface area contributed by atoms with Gasteiger partial charge in [0.25, 0.3) is 0 Å². The molecular formula is C20H19ClFN3O. The highest BCUT2D eigenvalue weighted by Gasteiger charge is 2.27. The van der Waals surface area contributed by atoms with Crippen LogP contribution in [-0.2, 0) is 11.3 Å². The zero-order valence-corrected chi connectivity index (χ0v) is 14.9. The third-order valence-corrected chi connectivity index (χ3v) is 4.85. The lowest BCUT2D eigenvalue weighted by Crippen LogP contribution is -2.39. The van der Waals surface area contributed by atoms with Crippen LogP contribution in [0.15, 0.2) is 54.7 Å². The molecule has 1 aliphatic heterocycles. The van der Waals surface area contributed by atoms with Crippen LogP contribution in [0.25, 0.3) is 11.3 Å². The zero-order valence-electron chi connectivity index (χ0n) is 14.2. The average Bonchev–Trinajstić information content (AvgIpc) is 3.14. The molecule has 0 amide bonds. The van der Waals surface area contributed by atoms with Crippen molar-refractivity contribution in [3.8, 4) is 11.3 Å². The number of halogens is 2. The van der Waals surface area contributed by atoms with Gasteiger partial charge in [0.15, 0.2) is 0 Å². The quantitative estimate of drug-likeness (QED) is 0.737. The van der Waals surface area contributed by atoms with Gasteiger partial charge in [-0.1, -0.05) is 41.9 Å². The molecule has 0 bridgehead atoms. The number of morpholine rings is 1. The van der Waals surface area contributed by atoms with Gasteiger partial charge in [0.2, 0.25) is 0 Å². The predicted molar refractivity (Wildman–Crippen MR) is 99.4 cm³/mol. The van der Waals surface area contributed by atoms with Crippen LogP contribution >= 0.6 is 11.6 Å². The molecule has 1 aromatic heterocycles. The molecule has 0 radical (unpaired) electrons. The summed E-state index contributed by atoms with van der Waals surface area (Å²) in [5, 5.41) is 0.681. The van der Waals surface area contributed by atoms with E-state index in [1.54, 1.807) is 12.3 Å². The van der Waals surface area contributed by atoms with Gasteiger partial charge in [0.1, 0.15) is 11.6 Å². The van der Waals surface area contributed by atoms with Gasteiger partial charge in [0, 0.05) is 29.2 Å². The number of aromatic nitrogens is 2. The van der Waals surface area contributed by atoms with Crippen molar-refractivity contribution in [1.82, 2.24) is 14.9 Å². The highest BCUT2D eigenvalue weighted by atomic mass is 35.5. The van der Waals surface area contributed by atoms with Crippen molar-refractivity contribution >= 4 is 11.6 Å². The molecular weight excluding hydrogens is 353 g/mol. The van der Waals surface area contributed by atoms with Gasteiger partial charge >= 0.3 is 0 Å². The number of benzene rings is 2. The van der Waals surface area contributed by atoms with Crippen molar-refractivity contribution in [1.29, 1.82) is 0 Å². The molecule has 0 spiro atoms. The number of rotatable bonds is 4. The third kappa shape index (κ3) is 3.65. The van der Waals surface area contributed by atoms with Gasteiger partial charge in [0.05, 0.1) is 31.1 Å². The van der Waals surface area contributed by atoms with Crippen LogP contribution < -0.4 is 0 Å². The number of nitrogens with zero attached hydrogens (tertiary/aromatic N) is 2. The first kappa shape index (κ1) is 17.2. The third-order valence-electron chi connectivity index (χ3n) is 4.62. The van der Waals surface area contributed by atoms with Crippen LogP contribution in [0.1, 0.15) is 17.4 Å². The van der Waals surface area contributed by atoms with Gasteiger partial charge in [-0.2, -0.15) is 0 Å². The Hall–Kier alpha value is -2.21. The van der Waals surface area contributed by atoms with Crippen molar-refractivity contribution in [3.05, 3.63) is 77.0 Å². The fourth-order valence-electron chi connectivity index (χ4n) is 3.23. The first-order chi connectivity index (χ1) is 12.7. The first-order valence-corrected chi connectivity index (χ1v) is 8.94. The molecule has 26 heavy (non-hydrogen) atoms. The Labute approximate surface area is 156 Å². The highest BCUT2D eigenvalue weighted by molar-refractivity contribution is 6.30. The Bertz CT molecular complexity index is 898. The second-order valence-electron chi connectivity index (χ2n) is 6.35. The van der Waals surface area contributed by atoms with Crippen molar-refractivity contribution in [2.24, 2.45) is 0 Å². The highest BCUT2D eigenvalue weighted by Crippen LogP contribution is 2.27. The van der Waals surface area contributed by atoms with Crippen LogP contribution in [0.2, 0.25) is 5.02 Å². The predicted octanol–water partition coefficient (Wildman–Crippen LogP) is 4.44. The van der Waals surface area contributed by atoms with Crippen molar-refractivity contribution in [2.75, 3.05) is 19.8 Å². The average molecular weight is 372 g/mol. The molecule has 4 rings (SSSR count). The number of hydrogen-bond acceptors (Lipinski definition) is 3. The molecule has 1 unspecified atom stereocenters. The van der Waals surface area contributed by atoms with E-state index in [9.17, 15) is 4.39 Å². The number of imidazole rings is 1. The second-order valence-corrected chi connectivity index (χ2v) is 6.78. The summed E-state index contributed by atoms with van der Waals surface area (Å²) in [6, 6.07) is 14.5. The molecule has 6 heteroatoms. The summed E-state index contributed by atoms with van der Waals surface area (Å²) >= 11 is 6.08. The smallest absolute Gasteiger partial charge is 0.127 e. The molecule has 1 fully saturated rings. The second kappa shape index (κ2) is 7.58. The van der Waals surface area contributed by atoms with Gasteiger partial charge in [-0.05, 0) is 18.2 Å². The Morgan fingerprint density at radius 1 is 1.23 bits per heavy atom. The van der Waals surface area contributed by atoms with E-state index < -0.39 is 0 Å². The van der Waals surface area contributed by atoms with Crippen molar-refractivity contribution < 1.29 is 9.13 Å². The maximum Gasteiger partial charge on any atom is 0.127 e. The number of ether oxygens (including phenoxy) is 1. The van der Waals surface area contributed by atoms with E-state index in [0.29, 0.717) is 30.3 Å². The molecule has 0 aliphatic carbocycles. The fraction of sp³-hybridized carbons (Fsp3) is 0.250. The number of hydrogen-bond donors (Lipinski definition) is 1. The minimum atomic E-state index is -0.184. The molecule has 2 heterocycles.